The molecule has 2 heterocycles. The van der Waals surface area contributed by atoms with Crippen LogP contribution in [-0.2, 0) is 22.6 Å². The minimum absolute atomic E-state index is 0.103. The number of hydrogen-bond acceptors (Lipinski definition) is 5. The molecule has 2 rings (SSSR count). The molecule has 0 spiro atoms. The smallest absolute Gasteiger partial charge is 0.227 e. The number of likely N-dealkylation sites (tertiary alicyclic amines) is 1. The van der Waals surface area contributed by atoms with E-state index in [0.717, 1.165) is 12.2 Å². The molecule has 1 saturated heterocycles. The molecule has 0 aromatic carbocycles. The molecule has 1 aromatic heterocycles. The number of aliphatic hydroxyl groups is 1. The fraction of sp³-hybridized carbons (Fsp3) is 0.714. The summed E-state index contributed by atoms with van der Waals surface area (Å²) in [5, 5.41) is 12.9. The largest absolute Gasteiger partial charge is 0.392 e. The first-order chi connectivity index (χ1) is 10.1. The number of aromatic nitrogens is 2. The van der Waals surface area contributed by atoms with Crippen molar-refractivity contribution in [1.82, 2.24) is 19.8 Å². The third-order valence-electron chi connectivity index (χ3n) is 3.89. The van der Waals surface area contributed by atoms with E-state index in [1.54, 1.807) is 19.6 Å². The van der Waals surface area contributed by atoms with E-state index in [0.29, 0.717) is 32.7 Å². The van der Waals surface area contributed by atoms with E-state index in [1.807, 2.05) is 11.6 Å². The second kappa shape index (κ2) is 7.53. The van der Waals surface area contributed by atoms with E-state index < -0.39 is 6.10 Å². The lowest BCUT2D eigenvalue weighted by atomic mass is 9.94. The molecule has 1 aromatic rings. The van der Waals surface area contributed by atoms with Crippen molar-refractivity contribution in [2.45, 2.75) is 25.6 Å². The molecule has 7 heteroatoms. The number of imidazole rings is 1. The predicted molar refractivity (Wildman–Crippen MR) is 77.6 cm³/mol. The number of piperidine rings is 1. The van der Waals surface area contributed by atoms with E-state index >= 15 is 0 Å². The number of rotatable bonds is 6. The average Bonchev–Trinajstić information content (AvgIpc) is 2.92. The van der Waals surface area contributed by atoms with E-state index in [-0.39, 0.29) is 11.8 Å². The first kappa shape index (κ1) is 15.9. The molecule has 0 saturated carbocycles. The second-order valence-electron chi connectivity index (χ2n) is 5.51. The molecule has 0 bridgehead atoms. The Morgan fingerprint density at radius 3 is 3.19 bits per heavy atom. The van der Waals surface area contributed by atoms with Gasteiger partial charge in [-0.2, -0.15) is 0 Å². The van der Waals surface area contributed by atoms with Crippen LogP contribution in [0.25, 0.3) is 0 Å². The molecule has 21 heavy (non-hydrogen) atoms. The first-order valence-electron chi connectivity index (χ1n) is 7.24. The van der Waals surface area contributed by atoms with Gasteiger partial charge in [0.2, 0.25) is 5.91 Å². The van der Waals surface area contributed by atoms with E-state index in [4.69, 9.17) is 4.74 Å². The summed E-state index contributed by atoms with van der Waals surface area (Å²) in [6, 6.07) is 0. The highest BCUT2D eigenvalue weighted by Crippen LogP contribution is 2.16. The summed E-state index contributed by atoms with van der Waals surface area (Å²) < 4.78 is 6.99. The SMILES string of the molecule is COCCn1cncc1CNC(=O)[C@@H]1CN(C)CC[C@H]1O. The quantitative estimate of drug-likeness (QED) is 0.737. The predicted octanol–water partition coefficient (Wildman–Crippen LogP) is -0.542. The Hall–Kier alpha value is -1.44. The van der Waals surface area contributed by atoms with Gasteiger partial charge in [0.15, 0.2) is 0 Å². The Kier molecular flexibility index (Phi) is 5.72. The Labute approximate surface area is 124 Å². The van der Waals surface area contributed by atoms with Crippen LogP contribution >= 0.6 is 0 Å². The summed E-state index contributed by atoms with van der Waals surface area (Å²) in [5.41, 5.74) is 0.930. The molecule has 0 aliphatic carbocycles. The highest BCUT2D eigenvalue weighted by Gasteiger charge is 2.31. The van der Waals surface area contributed by atoms with Gasteiger partial charge in [0.1, 0.15) is 0 Å². The molecule has 118 valence electrons. The molecular weight excluding hydrogens is 272 g/mol. The fourth-order valence-electron chi connectivity index (χ4n) is 2.56. The Morgan fingerprint density at radius 1 is 1.62 bits per heavy atom. The summed E-state index contributed by atoms with van der Waals surface area (Å²) >= 11 is 0. The number of nitrogens with zero attached hydrogens (tertiary/aromatic N) is 3. The normalized spacial score (nSPS) is 23.2. The van der Waals surface area contributed by atoms with Crippen LogP contribution in [0.15, 0.2) is 12.5 Å². The highest BCUT2D eigenvalue weighted by atomic mass is 16.5. The maximum Gasteiger partial charge on any atom is 0.227 e. The number of aliphatic hydroxyl groups excluding tert-OH is 1. The van der Waals surface area contributed by atoms with Crippen LogP contribution in [0.4, 0.5) is 0 Å². The Bertz CT molecular complexity index is 463. The lowest BCUT2D eigenvalue weighted by molar-refractivity contribution is -0.131. The molecule has 1 aliphatic rings. The van der Waals surface area contributed by atoms with Gasteiger partial charge in [0, 0.05) is 32.9 Å². The van der Waals surface area contributed by atoms with Crippen molar-refractivity contribution >= 4 is 5.91 Å². The van der Waals surface area contributed by atoms with Crippen LogP contribution < -0.4 is 5.32 Å². The molecule has 1 amide bonds. The minimum atomic E-state index is -0.556. The summed E-state index contributed by atoms with van der Waals surface area (Å²) in [4.78, 5) is 18.4. The molecule has 1 aliphatic heterocycles. The van der Waals surface area contributed by atoms with Crippen molar-refractivity contribution in [3.63, 3.8) is 0 Å². The number of ether oxygens (including phenoxy) is 1. The minimum Gasteiger partial charge on any atom is -0.392 e. The maximum atomic E-state index is 12.2. The van der Waals surface area contributed by atoms with Gasteiger partial charge in [-0.1, -0.05) is 0 Å². The lowest BCUT2D eigenvalue weighted by Gasteiger charge is -2.32. The summed E-state index contributed by atoms with van der Waals surface area (Å²) in [7, 11) is 3.62. The standard InChI is InChI=1S/C14H24N4O3/c1-17-4-3-13(19)12(9-17)14(20)16-8-11-7-15-10-18(11)5-6-21-2/h7,10,12-13,19H,3-6,8-9H2,1-2H3,(H,16,20)/t12-,13-/m1/s1. The van der Waals surface area contributed by atoms with Crippen molar-refractivity contribution in [2.24, 2.45) is 5.92 Å². The van der Waals surface area contributed by atoms with Crippen LogP contribution in [-0.4, -0.2) is 65.4 Å². The van der Waals surface area contributed by atoms with Crippen LogP contribution in [0.1, 0.15) is 12.1 Å². The third-order valence-corrected chi connectivity index (χ3v) is 3.89. The maximum absolute atomic E-state index is 12.2. The fourth-order valence-corrected chi connectivity index (χ4v) is 2.56. The van der Waals surface area contributed by atoms with Crippen LogP contribution in [0.3, 0.4) is 0 Å². The van der Waals surface area contributed by atoms with Crippen molar-refractivity contribution in [3.05, 3.63) is 18.2 Å². The third kappa shape index (κ3) is 4.26. The van der Waals surface area contributed by atoms with Gasteiger partial charge < -0.3 is 24.6 Å². The van der Waals surface area contributed by atoms with Gasteiger partial charge in [-0.05, 0) is 13.5 Å². The molecule has 2 N–H and O–H groups in total. The average molecular weight is 296 g/mol. The summed E-state index contributed by atoms with van der Waals surface area (Å²) in [6.45, 7) is 3.14. The van der Waals surface area contributed by atoms with Gasteiger partial charge in [0.05, 0.1) is 37.2 Å². The molecule has 1 fully saturated rings. The van der Waals surface area contributed by atoms with Gasteiger partial charge in [0.25, 0.3) is 0 Å². The molecule has 0 unspecified atom stereocenters. The lowest BCUT2D eigenvalue weighted by Crippen LogP contribution is -2.48. The number of hydrogen-bond donors (Lipinski definition) is 2. The van der Waals surface area contributed by atoms with Crippen LogP contribution in [0, 0.1) is 5.92 Å². The zero-order chi connectivity index (χ0) is 15.2. The van der Waals surface area contributed by atoms with Gasteiger partial charge in [-0.25, -0.2) is 4.98 Å². The molecular formula is C14H24N4O3. The number of carbonyl (C=O) groups is 1. The van der Waals surface area contributed by atoms with Gasteiger partial charge in [-0.3, -0.25) is 4.79 Å². The monoisotopic (exact) mass is 296 g/mol. The van der Waals surface area contributed by atoms with E-state index in [9.17, 15) is 9.90 Å². The number of amides is 1. The molecule has 0 radical (unpaired) electrons. The molecule has 7 nitrogen and oxygen atoms in total. The van der Waals surface area contributed by atoms with Gasteiger partial charge in [-0.15, -0.1) is 0 Å². The number of carbonyl (C=O) groups excluding carboxylic acids is 1. The van der Waals surface area contributed by atoms with E-state index in [2.05, 4.69) is 15.2 Å². The number of methoxy groups -OCH3 is 1. The van der Waals surface area contributed by atoms with Crippen LogP contribution in [0.2, 0.25) is 0 Å². The van der Waals surface area contributed by atoms with Crippen molar-refractivity contribution in [2.75, 3.05) is 33.9 Å². The van der Waals surface area contributed by atoms with Crippen molar-refractivity contribution < 1.29 is 14.6 Å². The highest BCUT2D eigenvalue weighted by molar-refractivity contribution is 5.79. The Balaban J connectivity index is 1.87. The first-order valence-corrected chi connectivity index (χ1v) is 7.24. The van der Waals surface area contributed by atoms with E-state index in [1.165, 1.54) is 0 Å². The molecule has 2 atom stereocenters. The zero-order valence-corrected chi connectivity index (χ0v) is 12.7. The number of nitrogens with one attached hydrogen (secondary N) is 1. The topological polar surface area (TPSA) is 79.6 Å². The van der Waals surface area contributed by atoms with Crippen LogP contribution in [0.5, 0.6) is 0 Å². The Morgan fingerprint density at radius 2 is 2.43 bits per heavy atom. The van der Waals surface area contributed by atoms with Crippen molar-refractivity contribution in [3.8, 4) is 0 Å². The summed E-state index contributed by atoms with van der Waals surface area (Å²) in [6.07, 6.45) is 3.54. The second-order valence-corrected chi connectivity index (χ2v) is 5.51. The van der Waals surface area contributed by atoms with Crippen molar-refractivity contribution in [1.29, 1.82) is 0 Å². The summed E-state index contributed by atoms with van der Waals surface area (Å²) in [5.74, 6) is -0.465. The van der Waals surface area contributed by atoms with Gasteiger partial charge >= 0.3 is 0 Å². The zero-order valence-electron chi connectivity index (χ0n) is 12.7.